The van der Waals surface area contributed by atoms with Crippen LogP contribution in [-0.2, 0) is 28.0 Å². The molecule has 0 aliphatic heterocycles. The molecule has 0 amide bonds. The first-order valence-corrected chi connectivity index (χ1v) is 13.4. The van der Waals surface area contributed by atoms with E-state index in [1.807, 2.05) is 31.2 Å². The van der Waals surface area contributed by atoms with E-state index in [-0.39, 0.29) is 28.7 Å². The number of methoxy groups -OCH3 is 1. The van der Waals surface area contributed by atoms with Gasteiger partial charge in [0.25, 0.3) is 0 Å². The van der Waals surface area contributed by atoms with Crippen LogP contribution in [-0.4, -0.2) is 18.2 Å². The number of carbonyl (C=O) groups is 1. The lowest BCUT2D eigenvalue weighted by molar-refractivity contribution is -0.149. The number of aliphatic carboxylic acids is 1. The molecule has 0 radical (unpaired) electrons. The van der Waals surface area contributed by atoms with Gasteiger partial charge in [-0.05, 0) is 96.2 Å². The third kappa shape index (κ3) is 4.62. The maximum Gasteiger partial charge on any atom is 0.307 e. The molecule has 1 spiro atoms. The molecule has 0 saturated heterocycles. The Labute approximate surface area is 224 Å². The van der Waals surface area contributed by atoms with E-state index in [0.29, 0.717) is 12.2 Å². The number of benzene rings is 3. The van der Waals surface area contributed by atoms with Crippen LogP contribution in [0, 0.1) is 24.1 Å². The molecular weight excluding hydrogens is 479 g/mol. The number of rotatable bonds is 7. The predicted molar refractivity (Wildman–Crippen MR) is 147 cm³/mol. The number of hydrogen-bond donors (Lipinski definition) is 1. The van der Waals surface area contributed by atoms with Crippen molar-refractivity contribution in [2.75, 3.05) is 7.11 Å². The molecule has 2 aliphatic rings. The van der Waals surface area contributed by atoms with Crippen molar-refractivity contribution in [2.45, 2.75) is 71.5 Å². The molecule has 0 aromatic heterocycles. The van der Waals surface area contributed by atoms with Gasteiger partial charge in [0.15, 0.2) is 0 Å². The summed E-state index contributed by atoms with van der Waals surface area (Å²) in [5.41, 5.74) is 6.21. The largest absolute Gasteiger partial charge is 0.489 e. The fourth-order valence-electron chi connectivity index (χ4n) is 6.56. The van der Waals surface area contributed by atoms with Gasteiger partial charge >= 0.3 is 5.97 Å². The number of hydrogen-bond acceptors (Lipinski definition) is 3. The third-order valence-corrected chi connectivity index (χ3v) is 8.54. The average Bonchev–Trinajstić information content (AvgIpc) is 3.24. The first-order valence-electron chi connectivity index (χ1n) is 13.4. The molecule has 0 bridgehead atoms. The minimum absolute atomic E-state index is 0.207. The summed E-state index contributed by atoms with van der Waals surface area (Å²) in [7, 11) is 1.70. The van der Waals surface area contributed by atoms with Gasteiger partial charge in [-0.1, -0.05) is 50.6 Å². The Balaban J connectivity index is 1.45. The molecular formula is C33H37FO4. The molecule has 3 atom stereocenters. The van der Waals surface area contributed by atoms with Gasteiger partial charge in [-0.15, -0.1) is 0 Å². The smallest absolute Gasteiger partial charge is 0.307 e. The van der Waals surface area contributed by atoms with Crippen LogP contribution in [0.4, 0.5) is 4.39 Å². The molecule has 1 fully saturated rings. The number of carboxylic acids is 1. The molecule has 3 aromatic carbocycles. The highest BCUT2D eigenvalue weighted by Gasteiger charge is 2.54. The molecule has 3 aromatic rings. The zero-order valence-electron chi connectivity index (χ0n) is 22.9. The van der Waals surface area contributed by atoms with E-state index in [9.17, 15) is 14.3 Å². The zero-order chi connectivity index (χ0) is 27.2. The topological polar surface area (TPSA) is 55.8 Å². The molecule has 2 aliphatic carbocycles. The third-order valence-electron chi connectivity index (χ3n) is 8.54. The summed E-state index contributed by atoms with van der Waals surface area (Å²) >= 11 is 0. The van der Waals surface area contributed by atoms with Crippen molar-refractivity contribution in [3.63, 3.8) is 0 Å². The standard InChI is InChI=1S/C33H37FO4/c1-20-6-11-29(34)25(16-20)24-10-7-21(17-26(24)30(37-5)32(2,3)4)19-38-23-9-8-22-12-14-33(28(22)18-23)15-13-27(33)31(35)36/h6-11,16-18,27,30H,12-15,19H2,1-5H3,(H,35,36)/t27-,30-,33+/m0/s1. The van der Waals surface area contributed by atoms with Crippen molar-refractivity contribution in [1.82, 2.24) is 0 Å². The van der Waals surface area contributed by atoms with E-state index in [0.717, 1.165) is 59.3 Å². The van der Waals surface area contributed by atoms with Gasteiger partial charge in [0, 0.05) is 18.1 Å². The highest BCUT2D eigenvalue weighted by molar-refractivity contribution is 5.75. The van der Waals surface area contributed by atoms with E-state index in [1.54, 1.807) is 13.2 Å². The minimum Gasteiger partial charge on any atom is -0.489 e. The van der Waals surface area contributed by atoms with Crippen molar-refractivity contribution in [3.8, 4) is 16.9 Å². The monoisotopic (exact) mass is 516 g/mol. The van der Waals surface area contributed by atoms with Crippen LogP contribution in [0.15, 0.2) is 54.6 Å². The maximum atomic E-state index is 15.0. The molecule has 1 N–H and O–H groups in total. The summed E-state index contributed by atoms with van der Waals surface area (Å²) in [5, 5.41) is 9.73. The second-order valence-electron chi connectivity index (χ2n) is 12.1. The van der Waals surface area contributed by atoms with Gasteiger partial charge in [-0.25, -0.2) is 4.39 Å². The van der Waals surface area contributed by atoms with Crippen LogP contribution >= 0.6 is 0 Å². The molecule has 5 heteroatoms. The highest BCUT2D eigenvalue weighted by Crippen LogP contribution is 2.57. The van der Waals surface area contributed by atoms with Gasteiger partial charge in [-0.3, -0.25) is 4.79 Å². The molecule has 4 nitrogen and oxygen atoms in total. The lowest BCUT2D eigenvalue weighted by Crippen LogP contribution is -2.46. The summed E-state index contributed by atoms with van der Waals surface area (Å²) in [6, 6.07) is 17.3. The fraction of sp³-hybridized carbons (Fsp3) is 0.424. The Morgan fingerprint density at radius 3 is 2.53 bits per heavy atom. The van der Waals surface area contributed by atoms with Crippen LogP contribution < -0.4 is 4.74 Å². The van der Waals surface area contributed by atoms with E-state index in [1.165, 1.54) is 11.6 Å². The van der Waals surface area contributed by atoms with Crippen LogP contribution in [0.2, 0.25) is 0 Å². The quantitative estimate of drug-likeness (QED) is 0.348. The van der Waals surface area contributed by atoms with Gasteiger partial charge in [0.1, 0.15) is 18.2 Å². The predicted octanol–water partition coefficient (Wildman–Crippen LogP) is 7.79. The van der Waals surface area contributed by atoms with Crippen LogP contribution in [0.5, 0.6) is 5.75 Å². The molecule has 5 rings (SSSR count). The zero-order valence-corrected chi connectivity index (χ0v) is 22.9. The van der Waals surface area contributed by atoms with Crippen molar-refractivity contribution in [2.24, 2.45) is 11.3 Å². The van der Waals surface area contributed by atoms with Crippen molar-refractivity contribution in [3.05, 3.63) is 88.2 Å². The van der Waals surface area contributed by atoms with Gasteiger partial charge in [-0.2, -0.15) is 0 Å². The molecule has 0 heterocycles. The lowest BCUT2D eigenvalue weighted by Gasteiger charge is -2.45. The Morgan fingerprint density at radius 2 is 1.87 bits per heavy atom. The molecule has 1 saturated carbocycles. The molecule has 38 heavy (non-hydrogen) atoms. The summed E-state index contributed by atoms with van der Waals surface area (Å²) in [6.07, 6.45) is 3.24. The van der Waals surface area contributed by atoms with Crippen molar-refractivity contribution < 1.29 is 23.8 Å². The van der Waals surface area contributed by atoms with Crippen LogP contribution in [0.25, 0.3) is 11.1 Å². The fourth-order valence-corrected chi connectivity index (χ4v) is 6.56. The molecule has 0 unspecified atom stereocenters. The SMILES string of the molecule is CO[C@@H](c1cc(COc2ccc3c(c2)[C@]2(CC3)CC[C@H]2C(=O)O)ccc1-c1cc(C)ccc1F)C(C)(C)C. The second-order valence-corrected chi connectivity index (χ2v) is 12.1. The Morgan fingerprint density at radius 1 is 1.08 bits per heavy atom. The minimum atomic E-state index is -0.695. The first-order chi connectivity index (χ1) is 18.0. The number of aryl methyl sites for hydroxylation is 2. The Bertz CT molecular complexity index is 1370. The number of carboxylic acid groups (broad SMARTS) is 1. The van der Waals surface area contributed by atoms with E-state index >= 15 is 0 Å². The van der Waals surface area contributed by atoms with E-state index in [4.69, 9.17) is 9.47 Å². The number of fused-ring (bicyclic) bond motifs is 2. The van der Waals surface area contributed by atoms with Gasteiger partial charge in [0.2, 0.25) is 0 Å². The summed E-state index contributed by atoms with van der Waals surface area (Å²) in [5.74, 6) is -0.512. The van der Waals surface area contributed by atoms with Gasteiger partial charge < -0.3 is 14.6 Å². The van der Waals surface area contributed by atoms with Crippen molar-refractivity contribution in [1.29, 1.82) is 0 Å². The van der Waals surface area contributed by atoms with E-state index < -0.39 is 5.97 Å². The van der Waals surface area contributed by atoms with E-state index in [2.05, 4.69) is 39.0 Å². The number of ether oxygens (including phenoxy) is 2. The maximum absolute atomic E-state index is 15.0. The highest BCUT2D eigenvalue weighted by atomic mass is 19.1. The summed E-state index contributed by atoms with van der Waals surface area (Å²) < 4.78 is 27.2. The first kappa shape index (κ1) is 26.4. The summed E-state index contributed by atoms with van der Waals surface area (Å²) in [6.45, 7) is 8.66. The second kappa shape index (κ2) is 9.85. The van der Waals surface area contributed by atoms with Crippen LogP contribution in [0.3, 0.4) is 0 Å². The van der Waals surface area contributed by atoms with Gasteiger partial charge in [0.05, 0.1) is 12.0 Å². The molecule has 200 valence electrons. The summed E-state index contributed by atoms with van der Waals surface area (Å²) in [4.78, 5) is 11.8. The Kier molecular flexibility index (Phi) is 6.85. The Hall–Kier alpha value is -3.18. The lowest BCUT2D eigenvalue weighted by atomic mass is 9.57. The average molecular weight is 517 g/mol. The van der Waals surface area contributed by atoms with Crippen molar-refractivity contribution >= 4 is 5.97 Å². The normalized spacial score (nSPS) is 21.2. The van der Waals surface area contributed by atoms with Crippen LogP contribution in [0.1, 0.15) is 74.0 Å². The number of halogens is 1.